The molecule has 0 N–H and O–H groups in total. The van der Waals surface area contributed by atoms with E-state index in [1.165, 1.54) is 0 Å². The molecule has 0 saturated heterocycles. The van der Waals surface area contributed by atoms with Crippen molar-refractivity contribution in [3.8, 4) is 0 Å². The third-order valence-corrected chi connectivity index (χ3v) is 2.96. The first-order valence-corrected chi connectivity index (χ1v) is 6.01. The van der Waals surface area contributed by atoms with Crippen molar-refractivity contribution in [2.75, 3.05) is 5.33 Å². The van der Waals surface area contributed by atoms with Crippen LogP contribution in [0.4, 0.5) is 0 Å². The minimum absolute atomic E-state index is 0.201. The summed E-state index contributed by atoms with van der Waals surface area (Å²) in [5.74, 6) is 0.201. The zero-order valence-electron chi connectivity index (χ0n) is 7.09. The number of hydrogen-bond acceptors (Lipinski definition) is 1. The van der Waals surface area contributed by atoms with E-state index >= 15 is 0 Å². The molecule has 1 aromatic rings. The number of hydrogen-bond donors (Lipinski definition) is 0. The van der Waals surface area contributed by atoms with Crippen LogP contribution in [0.5, 0.6) is 0 Å². The number of carbonyl (C=O) groups is 1. The van der Waals surface area contributed by atoms with Gasteiger partial charge in [0, 0.05) is 21.8 Å². The summed E-state index contributed by atoms with van der Waals surface area (Å²) in [6.45, 7) is 0. The Kier molecular flexibility index (Phi) is 4.67. The summed E-state index contributed by atoms with van der Waals surface area (Å²) >= 11 is 6.66. The first-order valence-electron chi connectivity index (χ1n) is 4.09. The molecule has 0 heterocycles. The molecule has 0 aliphatic heterocycles. The van der Waals surface area contributed by atoms with Crippen molar-refractivity contribution in [3.63, 3.8) is 0 Å². The summed E-state index contributed by atoms with van der Waals surface area (Å²) < 4.78 is 0.884. The average molecular weight is 306 g/mol. The molecule has 0 amide bonds. The summed E-state index contributed by atoms with van der Waals surface area (Å²) in [5.41, 5.74) is 0.781. The zero-order chi connectivity index (χ0) is 9.68. The van der Waals surface area contributed by atoms with E-state index in [0.717, 1.165) is 21.8 Å². The van der Waals surface area contributed by atoms with Gasteiger partial charge in [0.2, 0.25) is 0 Å². The van der Waals surface area contributed by atoms with Gasteiger partial charge in [0.1, 0.15) is 0 Å². The molecule has 0 unspecified atom stereocenters. The molecule has 0 aliphatic rings. The van der Waals surface area contributed by atoms with Crippen molar-refractivity contribution in [2.45, 2.75) is 12.8 Å². The number of ketones is 1. The monoisotopic (exact) mass is 304 g/mol. The van der Waals surface area contributed by atoms with Crippen LogP contribution in [0.25, 0.3) is 0 Å². The van der Waals surface area contributed by atoms with Crippen LogP contribution in [0.1, 0.15) is 23.2 Å². The molecule has 0 fully saturated rings. The first-order chi connectivity index (χ1) is 6.25. The smallest absolute Gasteiger partial charge is 0.164 e. The Morgan fingerprint density at radius 1 is 1.31 bits per heavy atom. The van der Waals surface area contributed by atoms with Crippen molar-refractivity contribution in [1.29, 1.82) is 0 Å². The number of rotatable bonds is 4. The highest BCUT2D eigenvalue weighted by atomic mass is 79.9. The molecule has 0 bridgehead atoms. The van der Waals surface area contributed by atoms with Gasteiger partial charge in [-0.3, -0.25) is 4.79 Å². The maximum atomic E-state index is 11.6. The Morgan fingerprint density at radius 3 is 2.62 bits per heavy atom. The van der Waals surface area contributed by atoms with E-state index in [2.05, 4.69) is 31.9 Å². The number of Topliss-reactive ketones (excluding diaryl/α,β-unsaturated/α-hetero) is 1. The maximum Gasteiger partial charge on any atom is 0.164 e. The Balaban J connectivity index is 2.71. The van der Waals surface area contributed by atoms with Crippen LogP contribution in [-0.2, 0) is 0 Å². The molecule has 1 rings (SSSR count). The van der Waals surface area contributed by atoms with E-state index in [-0.39, 0.29) is 5.78 Å². The zero-order valence-corrected chi connectivity index (χ0v) is 10.3. The highest BCUT2D eigenvalue weighted by Gasteiger charge is 2.07. The lowest BCUT2D eigenvalue weighted by atomic mass is 10.1. The quantitative estimate of drug-likeness (QED) is 0.611. The maximum absolute atomic E-state index is 11.6. The van der Waals surface area contributed by atoms with Gasteiger partial charge in [0.15, 0.2) is 5.78 Å². The van der Waals surface area contributed by atoms with Crippen LogP contribution in [-0.4, -0.2) is 11.1 Å². The second kappa shape index (κ2) is 5.55. The predicted molar refractivity (Wildman–Crippen MR) is 61.5 cm³/mol. The molecule has 13 heavy (non-hydrogen) atoms. The Morgan fingerprint density at radius 2 is 2.00 bits per heavy atom. The number of benzene rings is 1. The lowest BCUT2D eigenvalue weighted by Crippen LogP contribution is -1.99. The van der Waals surface area contributed by atoms with E-state index in [1.807, 2.05) is 24.3 Å². The SMILES string of the molecule is O=C(CCCBr)c1ccccc1Br. The molecular weight excluding hydrogens is 296 g/mol. The third kappa shape index (κ3) is 3.24. The summed E-state index contributed by atoms with van der Waals surface area (Å²) in [5, 5.41) is 0.878. The fraction of sp³-hybridized carbons (Fsp3) is 0.300. The van der Waals surface area contributed by atoms with Gasteiger partial charge in [-0.25, -0.2) is 0 Å². The van der Waals surface area contributed by atoms with Gasteiger partial charge >= 0.3 is 0 Å². The first kappa shape index (κ1) is 10.9. The van der Waals surface area contributed by atoms with Crippen LogP contribution in [0.3, 0.4) is 0 Å². The third-order valence-electron chi connectivity index (χ3n) is 1.71. The van der Waals surface area contributed by atoms with Gasteiger partial charge in [0.05, 0.1) is 0 Å². The predicted octanol–water partition coefficient (Wildman–Crippen LogP) is 3.81. The van der Waals surface area contributed by atoms with E-state index in [4.69, 9.17) is 0 Å². The molecule has 0 spiro atoms. The van der Waals surface area contributed by atoms with Crippen LogP contribution < -0.4 is 0 Å². The van der Waals surface area contributed by atoms with Crippen LogP contribution in [0, 0.1) is 0 Å². The Hall–Kier alpha value is -0.150. The van der Waals surface area contributed by atoms with E-state index in [9.17, 15) is 4.79 Å². The fourth-order valence-electron chi connectivity index (χ4n) is 1.05. The van der Waals surface area contributed by atoms with Crippen molar-refractivity contribution in [1.82, 2.24) is 0 Å². The van der Waals surface area contributed by atoms with Crippen molar-refractivity contribution >= 4 is 37.6 Å². The lowest BCUT2D eigenvalue weighted by Gasteiger charge is -2.01. The molecular formula is C10H10Br2O. The molecule has 1 nitrogen and oxygen atoms in total. The minimum Gasteiger partial charge on any atom is -0.294 e. The van der Waals surface area contributed by atoms with Gasteiger partial charge in [-0.2, -0.15) is 0 Å². The van der Waals surface area contributed by atoms with Crippen LogP contribution in [0.2, 0.25) is 0 Å². The van der Waals surface area contributed by atoms with Gasteiger partial charge < -0.3 is 0 Å². The second-order valence-electron chi connectivity index (χ2n) is 2.70. The largest absolute Gasteiger partial charge is 0.294 e. The molecule has 0 aliphatic carbocycles. The number of alkyl halides is 1. The average Bonchev–Trinajstić information content (AvgIpc) is 2.15. The minimum atomic E-state index is 0.201. The summed E-state index contributed by atoms with van der Waals surface area (Å²) in [7, 11) is 0. The molecule has 0 saturated carbocycles. The lowest BCUT2D eigenvalue weighted by molar-refractivity contribution is 0.0981. The summed E-state index contributed by atoms with van der Waals surface area (Å²) in [6.07, 6.45) is 1.49. The van der Waals surface area contributed by atoms with E-state index < -0.39 is 0 Å². The van der Waals surface area contributed by atoms with E-state index in [1.54, 1.807) is 0 Å². The Bertz CT molecular complexity index is 297. The standard InChI is InChI=1S/C10H10Br2O/c11-7-3-6-10(13)8-4-1-2-5-9(8)12/h1-2,4-5H,3,6-7H2. The van der Waals surface area contributed by atoms with Crippen LogP contribution in [0.15, 0.2) is 28.7 Å². The van der Waals surface area contributed by atoms with Gasteiger partial charge in [-0.1, -0.05) is 50.1 Å². The number of carbonyl (C=O) groups excluding carboxylic acids is 1. The fourth-order valence-corrected chi connectivity index (χ4v) is 1.84. The van der Waals surface area contributed by atoms with Crippen molar-refractivity contribution in [2.24, 2.45) is 0 Å². The summed E-state index contributed by atoms with van der Waals surface area (Å²) in [4.78, 5) is 11.6. The molecule has 0 aromatic heterocycles. The van der Waals surface area contributed by atoms with Crippen molar-refractivity contribution in [3.05, 3.63) is 34.3 Å². The Labute approximate surface area is 94.8 Å². The normalized spacial score (nSPS) is 10.0. The second-order valence-corrected chi connectivity index (χ2v) is 4.34. The molecule has 70 valence electrons. The highest BCUT2D eigenvalue weighted by Crippen LogP contribution is 2.18. The molecule has 0 atom stereocenters. The van der Waals surface area contributed by atoms with Crippen molar-refractivity contribution < 1.29 is 4.79 Å². The molecule has 1 aromatic carbocycles. The molecule has 3 heteroatoms. The summed E-state index contributed by atoms with van der Waals surface area (Å²) in [6, 6.07) is 7.53. The van der Waals surface area contributed by atoms with Gasteiger partial charge in [0.25, 0.3) is 0 Å². The van der Waals surface area contributed by atoms with E-state index in [0.29, 0.717) is 6.42 Å². The van der Waals surface area contributed by atoms with Gasteiger partial charge in [-0.15, -0.1) is 0 Å². The molecule has 0 radical (unpaired) electrons. The van der Waals surface area contributed by atoms with Crippen LogP contribution >= 0.6 is 31.9 Å². The van der Waals surface area contributed by atoms with Gasteiger partial charge in [-0.05, 0) is 12.5 Å². The topological polar surface area (TPSA) is 17.1 Å². The number of halogens is 2. The highest BCUT2D eigenvalue weighted by molar-refractivity contribution is 9.10.